The molecule has 24 heavy (non-hydrogen) atoms. The van der Waals surface area contributed by atoms with Gasteiger partial charge in [-0.1, -0.05) is 35.2 Å². The molecule has 0 spiro atoms. The van der Waals surface area contributed by atoms with Crippen LogP contribution in [0.1, 0.15) is 18.0 Å². The van der Waals surface area contributed by atoms with Gasteiger partial charge in [0.25, 0.3) is 0 Å². The van der Waals surface area contributed by atoms with Crippen LogP contribution in [0.4, 0.5) is 5.13 Å². The van der Waals surface area contributed by atoms with Gasteiger partial charge in [-0.05, 0) is 17.7 Å². The average molecular weight is 367 g/mol. The Morgan fingerprint density at radius 2 is 2.08 bits per heavy atom. The molecular formula is C14H15N4O4S2-. The third kappa shape index (κ3) is 5.39. The van der Waals surface area contributed by atoms with Crippen LogP contribution in [0.2, 0.25) is 0 Å². The fraction of sp³-hybridized carbons (Fsp3) is 0.286. The summed E-state index contributed by atoms with van der Waals surface area (Å²) in [7, 11) is 1.53. The molecule has 1 heterocycles. The highest BCUT2D eigenvalue weighted by atomic mass is 32.2. The van der Waals surface area contributed by atoms with E-state index in [9.17, 15) is 14.7 Å². The van der Waals surface area contributed by atoms with E-state index in [1.165, 1.54) is 30.2 Å². The third-order valence-electron chi connectivity index (χ3n) is 2.97. The number of carboxylic acids is 1. The van der Waals surface area contributed by atoms with Crippen molar-refractivity contribution in [1.82, 2.24) is 15.5 Å². The average Bonchev–Trinajstić information content (AvgIpc) is 2.97. The van der Waals surface area contributed by atoms with Gasteiger partial charge in [0, 0.05) is 12.4 Å². The van der Waals surface area contributed by atoms with E-state index in [2.05, 4.69) is 15.5 Å². The van der Waals surface area contributed by atoms with Crippen LogP contribution in [-0.4, -0.2) is 34.9 Å². The fourth-order valence-corrected chi connectivity index (χ4v) is 3.34. The third-order valence-corrected chi connectivity index (χ3v) is 4.86. The number of nitrogen functional groups attached to an aromatic ring is 1. The first kappa shape index (κ1) is 18.0. The highest BCUT2D eigenvalue weighted by molar-refractivity contribution is 8.01. The van der Waals surface area contributed by atoms with E-state index < -0.39 is 12.0 Å². The van der Waals surface area contributed by atoms with Gasteiger partial charge in [-0.25, -0.2) is 0 Å². The zero-order valence-electron chi connectivity index (χ0n) is 12.7. The molecule has 2 aromatic rings. The van der Waals surface area contributed by atoms with Gasteiger partial charge in [-0.15, -0.1) is 10.2 Å². The molecule has 1 aromatic carbocycles. The van der Waals surface area contributed by atoms with Crippen molar-refractivity contribution in [1.29, 1.82) is 0 Å². The van der Waals surface area contributed by atoms with Crippen molar-refractivity contribution in [2.75, 3.05) is 18.6 Å². The first-order chi connectivity index (χ1) is 11.5. The summed E-state index contributed by atoms with van der Waals surface area (Å²) in [5.41, 5.74) is 6.12. The number of nitrogens with one attached hydrogen (secondary N) is 1. The number of benzene rings is 1. The number of anilines is 1. The molecule has 1 atom stereocenters. The summed E-state index contributed by atoms with van der Waals surface area (Å²) in [6.45, 7) is 0. The Bertz CT molecular complexity index is 705. The monoisotopic (exact) mass is 367 g/mol. The van der Waals surface area contributed by atoms with Gasteiger partial charge < -0.3 is 25.7 Å². The van der Waals surface area contributed by atoms with E-state index in [0.717, 1.165) is 0 Å². The summed E-state index contributed by atoms with van der Waals surface area (Å²) in [5.74, 6) is -0.855. The number of carboxylic acid groups (broad SMARTS) is 1. The van der Waals surface area contributed by atoms with E-state index in [4.69, 9.17) is 10.5 Å². The molecular weight excluding hydrogens is 352 g/mol. The lowest BCUT2D eigenvalue weighted by Crippen LogP contribution is -2.35. The normalized spacial score (nSPS) is 11.7. The Labute approximate surface area is 146 Å². The van der Waals surface area contributed by atoms with Gasteiger partial charge in [0.05, 0.1) is 18.9 Å². The Hall–Kier alpha value is -2.33. The van der Waals surface area contributed by atoms with Gasteiger partial charge >= 0.3 is 0 Å². The predicted octanol–water partition coefficient (Wildman–Crippen LogP) is 0.219. The lowest BCUT2D eigenvalue weighted by molar-refractivity contribution is -0.306. The van der Waals surface area contributed by atoms with E-state index >= 15 is 0 Å². The molecule has 1 amide bonds. The molecule has 2 rings (SSSR count). The second kappa shape index (κ2) is 8.50. The largest absolute Gasteiger partial charge is 0.550 e. The molecule has 0 radical (unpaired) electrons. The lowest BCUT2D eigenvalue weighted by Gasteiger charge is -2.20. The van der Waals surface area contributed by atoms with E-state index in [1.54, 1.807) is 24.3 Å². The summed E-state index contributed by atoms with van der Waals surface area (Å²) in [5, 5.41) is 21.4. The number of hydrogen-bond acceptors (Lipinski definition) is 9. The van der Waals surface area contributed by atoms with Crippen LogP contribution < -0.4 is 20.9 Å². The number of thioether (sulfide) groups is 1. The minimum absolute atomic E-state index is 0.0777. The van der Waals surface area contributed by atoms with Crippen LogP contribution in [0.25, 0.3) is 0 Å². The summed E-state index contributed by atoms with van der Waals surface area (Å²) in [6, 6.07) is 6.11. The maximum atomic E-state index is 12.1. The van der Waals surface area contributed by atoms with Gasteiger partial charge in [-0.3, -0.25) is 4.79 Å². The number of aliphatic carboxylic acids is 1. The molecule has 8 nitrogen and oxygen atoms in total. The topological polar surface area (TPSA) is 130 Å². The van der Waals surface area contributed by atoms with Crippen molar-refractivity contribution in [2.24, 2.45) is 0 Å². The van der Waals surface area contributed by atoms with E-state index in [0.29, 0.717) is 20.8 Å². The summed E-state index contributed by atoms with van der Waals surface area (Å²) in [4.78, 5) is 23.0. The molecule has 128 valence electrons. The number of amides is 1. The second-order valence-electron chi connectivity index (χ2n) is 4.66. The lowest BCUT2D eigenvalue weighted by atomic mass is 10.0. The maximum absolute atomic E-state index is 12.1. The Kier molecular flexibility index (Phi) is 6.38. The number of carbonyl (C=O) groups excluding carboxylic acids is 2. The maximum Gasteiger partial charge on any atom is 0.230 e. The number of ether oxygens (including phenoxy) is 1. The molecule has 0 bridgehead atoms. The number of nitrogens with zero attached hydrogens (tertiary/aromatic N) is 2. The van der Waals surface area contributed by atoms with Gasteiger partial charge in [-0.2, -0.15) is 0 Å². The number of carbonyl (C=O) groups is 2. The standard InChI is InChI=1S/C14H16N4O4S2/c1-22-9-4-2-8(3-5-9)10(6-12(20)21)16-11(19)7-23-14-18-17-13(15)24-14/h2-5,10H,6-7H2,1H3,(H2,15,17)(H,16,19)(H,20,21)/p-1/t10-/m0/s1. The highest BCUT2D eigenvalue weighted by Gasteiger charge is 2.16. The number of nitrogens with two attached hydrogens (primary N) is 1. The smallest absolute Gasteiger partial charge is 0.230 e. The molecule has 0 aliphatic rings. The molecule has 0 aliphatic heterocycles. The second-order valence-corrected chi connectivity index (χ2v) is 6.90. The fourth-order valence-electron chi connectivity index (χ4n) is 1.90. The first-order valence-corrected chi connectivity index (χ1v) is 8.63. The van der Waals surface area contributed by atoms with Crippen LogP contribution >= 0.6 is 23.1 Å². The SMILES string of the molecule is COc1ccc([C@H](CC(=O)[O-])NC(=O)CSc2nnc(N)s2)cc1. The predicted molar refractivity (Wildman–Crippen MR) is 88.5 cm³/mol. The van der Waals surface area contributed by atoms with Crippen molar-refractivity contribution in [3.8, 4) is 5.75 Å². The zero-order valence-corrected chi connectivity index (χ0v) is 14.4. The molecule has 3 N–H and O–H groups in total. The number of hydrogen-bond donors (Lipinski definition) is 2. The Balaban J connectivity index is 1.98. The number of methoxy groups -OCH3 is 1. The summed E-state index contributed by atoms with van der Waals surface area (Å²) >= 11 is 2.36. The number of aromatic nitrogens is 2. The van der Waals surface area contributed by atoms with Crippen LogP contribution in [0.15, 0.2) is 28.6 Å². The number of rotatable bonds is 8. The van der Waals surface area contributed by atoms with E-state index in [-0.39, 0.29) is 18.1 Å². The van der Waals surface area contributed by atoms with Crippen molar-refractivity contribution < 1.29 is 19.4 Å². The molecule has 0 saturated carbocycles. The Morgan fingerprint density at radius 1 is 1.38 bits per heavy atom. The molecule has 0 unspecified atom stereocenters. The van der Waals surface area contributed by atoms with Crippen LogP contribution in [0.3, 0.4) is 0 Å². The van der Waals surface area contributed by atoms with Gasteiger partial charge in [0.2, 0.25) is 11.0 Å². The zero-order chi connectivity index (χ0) is 17.5. The van der Waals surface area contributed by atoms with Crippen molar-refractivity contribution >= 4 is 40.1 Å². The molecule has 10 heteroatoms. The minimum Gasteiger partial charge on any atom is -0.550 e. The van der Waals surface area contributed by atoms with Crippen LogP contribution in [0.5, 0.6) is 5.75 Å². The van der Waals surface area contributed by atoms with Crippen molar-refractivity contribution in [3.05, 3.63) is 29.8 Å². The minimum atomic E-state index is -1.25. The van der Waals surface area contributed by atoms with Crippen LogP contribution in [0, 0.1) is 0 Å². The summed E-state index contributed by atoms with van der Waals surface area (Å²) in [6.07, 6.45) is -0.325. The Morgan fingerprint density at radius 3 is 2.62 bits per heavy atom. The van der Waals surface area contributed by atoms with Crippen molar-refractivity contribution in [3.63, 3.8) is 0 Å². The van der Waals surface area contributed by atoms with Gasteiger partial charge in [0.1, 0.15) is 5.75 Å². The molecule has 0 saturated heterocycles. The van der Waals surface area contributed by atoms with E-state index in [1.807, 2.05) is 0 Å². The first-order valence-electron chi connectivity index (χ1n) is 6.83. The molecule has 0 fully saturated rings. The molecule has 0 aliphatic carbocycles. The quantitative estimate of drug-likeness (QED) is 0.634. The van der Waals surface area contributed by atoms with Crippen LogP contribution in [-0.2, 0) is 9.59 Å². The highest BCUT2D eigenvalue weighted by Crippen LogP contribution is 2.24. The van der Waals surface area contributed by atoms with Gasteiger partial charge in [0.15, 0.2) is 4.34 Å². The molecule has 1 aromatic heterocycles. The summed E-state index contributed by atoms with van der Waals surface area (Å²) < 4.78 is 5.63. The van der Waals surface area contributed by atoms with Crippen molar-refractivity contribution in [2.45, 2.75) is 16.8 Å².